The van der Waals surface area contributed by atoms with E-state index in [9.17, 15) is 4.79 Å². The molecule has 0 amide bonds. The maximum Gasteiger partial charge on any atom is 0.340 e. The number of hydrogen-bond donors (Lipinski definition) is 1. The Hall–Kier alpha value is -1.55. The van der Waals surface area contributed by atoms with Gasteiger partial charge in [-0.2, -0.15) is 0 Å². The minimum atomic E-state index is -0.331. The molecule has 0 saturated carbocycles. The second-order valence-electron chi connectivity index (χ2n) is 4.74. The average molecular weight is 249 g/mol. The smallest absolute Gasteiger partial charge is 0.340 e. The van der Waals surface area contributed by atoms with Crippen LogP contribution in [0.2, 0.25) is 0 Å². The maximum absolute atomic E-state index is 11.9. The van der Waals surface area contributed by atoms with Gasteiger partial charge in [0.05, 0.1) is 12.2 Å². The summed E-state index contributed by atoms with van der Waals surface area (Å²) >= 11 is 0. The Morgan fingerprint density at radius 3 is 2.89 bits per heavy atom. The van der Waals surface area contributed by atoms with E-state index in [0.717, 1.165) is 31.6 Å². The molecule has 0 unspecified atom stereocenters. The van der Waals surface area contributed by atoms with Crippen molar-refractivity contribution in [1.82, 2.24) is 0 Å². The van der Waals surface area contributed by atoms with Crippen molar-refractivity contribution in [2.24, 2.45) is 5.92 Å². The first-order chi connectivity index (χ1) is 8.66. The Morgan fingerprint density at radius 1 is 1.44 bits per heavy atom. The quantitative estimate of drug-likeness (QED) is 0.658. The van der Waals surface area contributed by atoms with Crippen LogP contribution in [0.3, 0.4) is 0 Å². The van der Waals surface area contributed by atoms with E-state index in [-0.39, 0.29) is 5.97 Å². The molecule has 1 aromatic carbocycles. The van der Waals surface area contributed by atoms with Crippen molar-refractivity contribution in [3.8, 4) is 0 Å². The van der Waals surface area contributed by atoms with Gasteiger partial charge in [-0.25, -0.2) is 4.79 Å². The molecule has 1 aromatic rings. The zero-order chi connectivity index (χ0) is 13.0. The van der Waals surface area contributed by atoms with E-state index >= 15 is 0 Å². The van der Waals surface area contributed by atoms with Gasteiger partial charge in [0, 0.05) is 18.9 Å². The molecule has 0 aromatic heterocycles. The molecule has 0 atom stereocenters. The molecular formula is C14H19NO3. The zero-order valence-electron chi connectivity index (χ0n) is 10.6. The lowest BCUT2D eigenvalue weighted by molar-refractivity contribution is 0.0186. The first kappa shape index (κ1) is 12.9. The van der Waals surface area contributed by atoms with Gasteiger partial charge in [0.2, 0.25) is 0 Å². The van der Waals surface area contributed by atoms with Crippen LogP contribution < -0.4 is 5.73 Å². The van der Waals surface area contributed by atoms with E-state index in [2.05, 4.69) is 0 Å². The van der Waals surface area contributed by atoms with Gasteiger partial charge in [-0.1, -0.05) is 11.6 Å². The SMILES string of the molecule is Cc1ccc(N)c(C(=O)OCC2CCOCC2)c1. The first-order valence-electron chi connectivity index (χ1n) is 6.28. The van der Waals surface area contributed by atoms with E-state index in [0.29, 0.717) is 23.8 Å². The number of aryl methyl sites for hydroxylation is 1. The molecule has 0 spiro atoms. The topological polar surface area (TPSA) is 61.6 Å². The molecule has 2 rings (SSSR count). The van der Waals surface area contributed by atoms with Gasteiger partial charge in [-0.3, -0.25) is 0 Å². The summed E-state index contributed by atoms with van der Waals surface area (Å²) in [6.07, 6.45) is 1.91. The lowest BCUT2D eigenvalue weighted by Gasteiger charge is -2.21. The molecule has 1 aliphatic rings. The third kappa shape index (κ3) is 3.23. The van der Waals surface area contributed by atoms with Crippen molar-refractivity contribution >= 4 is 11.7 Å². The number of nitrogen functional groups attached to an aromatic ring is 1. The summed E-state index contributed by atoms with van der Waals surface area (Å²) < 4.78 is 10.6. The average Bonchev–Trinajstić information content (AvgIpc) is 2.40. The Kier molecular flexibility index (Phi) is 4.20. The van der Waals surface area contributed by atoms with Crippen LogP contribution in [0.15, 0.2) is 18.2 Å². The van der Waals surface area contributed by atoms with Crippen LogP contribution >= 0.6 is 0 Å². The van der Waals surface area contributed by atoms with E-state index in [4.69, 9.17) is 15.2 Å². The summed E-state index contributed by atoms with van der Waals surface area (Å²) in [4.78, 5) is 11.9. The number of nitrogens with two attached hydrogens (primary N) is 1. The van der Waals surface area contributed by atoms with E-state index in [1.807, 2.05) is 13.0 Å². The highest BCUT2D eigenvalue weighted by atomic mass is 16.5. The number of rotatable bonds is 3. The van der Waals surface area contributed by atoms with Gasteiger partial charge < -0.3 is 15.2 Å². The Balaban J connectivity index is 1.92. The van der Waals surface area contributed by atoms with Crippen LogP contribution in [0, 0.1) is 12.8 Å². The van der Waals surface area contributed by atoms with E-state index in [1.54, 1.807) is 12.1 Å². The maximum atomic E-state index is 11.9. The van der Waals surface area contributed by atoms with Crippen LogP contribution in [0.5, 0.6) is 0 Å². The molecule has 4 nitrogen and oxygen atoms in total. The van der Waals surface area contributed by atoms with Crippen LogP contribution in [-0.2, 0) is 9.47 Å². The number of benzene rings is 1. The van der Waals surface area contributed by atoms with Crippen LogP contribution in [-0.4, -0.2) is 25.8 Å². The standard InChI is InChI=1S/C14H19NO3/c1-10-2-3-13(15)12(8-10)14(16)18-9-11-4-6-17-7-5-11/h2-3,8,11H,4-7,9,15H2,1H3. The molecule has 18 heavy (non-hydrogen) atoms. The van der Waals surface area contributed by atoms with Crippen LogP contribution in [0.4, 0.5) is 5.69 Å². The van der Waals surface area contributed by atoms with E-state index in [1.165, 1.54) is 0 Å². The number of carbonyl (C=O) groups is 1. The highest BCUT2D eigenvalue weighted by Gasteiger charge is 2.17. The summed E-state index contributed by atoms with van der Waals surface area (Å²) in [5.41, 5.74) is 7.71. The molecule has 0 radical (unpaired) electrons. The van der Waals surface area contributed by atoms with Gasteiger partial charge in [0.1, 0.15) is 0 Å². The zero-order valence-corrected chi connectivity index (χ0v) is 10.6. The lowest BCUT2D eigenvalue weighted by atomic mass is 10.0. The molecule has 1 saturated heterocycles. The predicted molar refractivity (Wildman–Crippen MR) is 69.4 cm³/mol. The molecule has 0 aliphatic carbocycles. The minimum Gasteiger partial charge on any atom is -0.462 e. The molecule has 1 heterocycles. The van der Waals surface area contributed by atoms with Gasteiger partial charge in [0.15, 0.2) is 0 Å². The number of ether oxygens (including phenoxy) is 2. The molecule has 4 heteroatoms. The second kappa shape index (κ2) is 5.87. The highest BCUT2D eigenvalue weighted by molar-refractivity contribution is 5.95. The van der Waals surface area contributed by atoms with Crippen molar-refractivity contribution in [2.75, 3.05) is 25.6 Å². The number of esters is 1. The summed E-state index contributed by atoms with van der Waals surface area (Å²) in [5, 5.41) is 0. The van der Waals surface area contributed by atoms with Crippen molar-refractivity contribution in [1.29, 1.82) is 0 Å². The monoisotopic (exact) mass is 249 g/mol. The van der Waals surface area contributed by atoms with Gasteiger partial charge in [-0.05, 0) is 37.8 Å². The van der Waals surface area contributed by atoms with Gasteiger partial charge in [-0.15, -0.1) is 0 Å². The normalized spacial score (nSPS) is 16.5. The molecule has 1 fully saturated rings. The Labute approximate surface area is 107 Å². The summed E-state index contributed by atoms with van der Waals surface area (Å²) in [7, 11) is 0. The fraction of sp³-hybridized carbons (Fsp3) is 0.500. The lowest BCUT2D eigenvalue weighted by Crippen LogP contribution is -2.22. The van der Waals surface area contributed by atoms with E-state index < -0.39 is 0 Å². The van der Waals surface area contributed by atoms with Crippen molar-refractivity contribution in [2.45, 2.75) is 19.8 Å². The minimum absolute atomic E-state index is 0.331. The third-order valence-electron chi connectivity index (χ3n) is 3.22. The fourth-order valence-corrected chi connectivity index (χ4v) is 2.03. The molecule has 1 aliphatic heterocycles. The molecule has 98 valence electrons. The van der Waals surface area contributed by atoms with Crippen molar-refractivity contribution in [3.05, 3.63) is 29.3 Å². The van der Waals surface area contributed by atoms with Crippen molar-refractivity contribution < 1.29 is 14.3 Å². The molecule has 0 bridgehead atoms. The Bertz CT molecular complexity index is 425. The Morgan fingerprint density at radius 2 is 2.17 bits per heavy atom. The summed E-state index contributed by atoms with van der Waals surface area (Å²) in [6, 6.07) is 5.38. The molecule has 2 N–H and O–H groups in total. The first-order valence-corrected chi connectivity index (χ1v) is 6.28. The fourth-order valence-electron chi connectivity index (χ4n) is 2.03. The molecular weight excluding hydrogens is 230 g/mol. The van der Waals surface area contributed by atoms with Gasteiger partial charge >= 0.3 is 5.97 Å². The largest absolute Gasteiger partial charge is 0.462 e. The predicted octanol–water partition coefficient (Wildman–Crippen LogP) is 2.16. The van der Waals surface area contributed by atoms with Crippen LogP contribution in [0.25, 0.3) is 0 Å². The summed E-state index contributed by atoms with van der Waals surface area (Å²) in [6.45, 7) is 3.90. The number of hydrogen-bond acceptors (Lipinski definition) is 4. The second-order valence-corrected chi connectivity index (χ2v) is 4.74. The highest BCUT2D eigenvalue weighted by Crippen LogP contribution is 2.18. The number of carbonyl (C=O) groups excluding carboxylic acids is 1. The van der Waals surface area contributed by atoms with Crippen LogP contribution in [0.1, 0.15) is 28.8 Å². The van der Waals surface area contributed by atoms with Gasteiger partial charge in [0.25, 0.3) is 0 Å². The number of anilines is 1. The van der Waals surface area contributed by atoms with Crippen molar-refractivity contribution in [3.63, 3.8) is 0 Å². The summed E-state index contributed by atoms with van der Waals surface area (Å²) in [5.74, 6) is 0.0800. The third-order valence-corrected chi connectivity index (χ3v) is 3.22.